The molecular weight excluding hydrogens is 381 g/mol. The fourth-order valence-corrected chi connectivity index (χ4v) is 3.50. The zero-order valence-corrected chi connectivity index (χ0v) is 15.5. The van der Waals surface area contributed by atoms with Crippen molar-refractivity contribution in [1.82, 2.24) is 9.88 Å². The minimum absolute atomic E-state index is 0.0701. The summed E-state index contributed by atoms with van der Waals surface area (Å²) in [4.78, 5) is 18.6. The van der Waals surface area contributed by atoms with Crippen LogP contribution in [0.1, 0.15) is 17.5 Å². The van der Waals surface area contributed by atoms with E-state index in [0.717, 1.165) is 23.0 Å². The third kappa shape index (κ3) is 4.34. The average molecular weight is 400 g/mol. The van der Waals surface area contributed by atoms with Crippen molar-refractivity contribution in [2.24, 2.45) is 0 Å². The first kappa shape index (κ1) is 19.2. The number of carbonyl (C=O) groups is 1. The number of hydrogen-bond acceptors (Lipinski definition) is 3. The van der Waals surface area contributed by atoms with Crippen LogP contribution >= 0.6 is 0 Å². The van der Waals surface area contributed by atoms with Gasteiger partial charge in [-0.05, 0) is 29.8 Å². The van der Waals surface area contributed by atoms with Crippen LogP contribution in [0.3, 0.4) is 0 Å². The van der Waals surface area contributed by atoms with Gasteiger partial charge in [0.2, 0.25) is 5.91 Å². The van der Waals surface area contributed by atoms with Gasteiger partial charge in [0.05, 0.1) is 18.5 Å². The third-order valence-corrected chi connectivity index (χ3v) is 5.02. The molecule has 2 aromatic carbocycles. The number of benzene rings is 2. The fourth-order valence-electron chi connectivity index (χ4n) is 3.50. The van der Waals surface area contributed by atoms with Gasteiger partial charge in [0.15, 0.2) is 0 Å². The molecule has 4 nitrogen and oxygen atoms in total. The number of amides is 1. The molecule has 4 rings (SSSR count). The number of aromatic nitrogens is 1. The molecule has 1 aliphatic rings. The van der Waals surface area contributed by atoms with Crippen LogP contribution in [0, 0.1) is 0 Å². The quantitative estimate of drug-likeness (QED) is 0.649. The van der Waals surface area contributed by atoms with E-state index < -0.39 is 11.7 Å². The van der Waals surface area contributed by atoms with Crippen LogP contribution in [0.2, 0.25) is 0 Å². The van der Waals surface area contributed by atoms with Crippen molar-refractivity contribution in [1.29, 1.82) is 0 Å². The summed E-state index contributed by atoms with van der Waals surface area (Å²) in [6.07, 6.45) is -2.04. The number of pyridine rings is 1. The predicted molar refractivity (Wildman–Crippen MR) is 103 cm³/mol. The Kier molecular flexibility index (Phi) is 5.13. The van der Waals surface area contributed by atoms with E-state index >= 15 is 0 Å². The maximum Gasteiger partial charge on any atom is 0.416 e. The van der Waals surface area contributed by atoms with Crippen LogP contribution in [-0.4, -0.2) is 35.0 Å². The summed E-state index contributed by atoms with van der Waals surface area (Å²) < 4.78 is 44.1. The molecule has 0 spiro atoms. The highest BCUT2D eigenvalue weighted by Crippen LogP contribution is 2.29. The highest BCUT2D eigenvalue weighted by Gasteiger charge is 2.31. The number of nitrogens with zero attached hydrogens (tertiary/aromatic N) is 2. The van der Waals surface area contributed by atoms with Gasteiger partial charge < -0.3 is 9.64 Å². The molecule has 29 heavy (non-hydrogen) atoms. The van der Waals surface area contributed by atoms with Gasteiger partial charge in [0.25, 0.3) is 0 Å². The smallest absolute Gasteiger partial charge is 0.416 e. The molecule has 1 atom stereocenters. The molecule has 0 bridgehead atoms. The van der Waals surface area contributed by atoms with E-state index in [4.69, 9.17) is 4.74 Å². The van der Waals surface area contributed by atoms with Crippen LogP contribution in [0.4, 0.5) is 13.2 Å². The Morgan fingerprint density at radius 3 is 2.62 bits per heavy atom. The first-order valence-corrected chi connectivity index (χ1v) is 9.34. The Bertz CT molecular complexity index is 1010. The second-order valence-corrected chi connectivity index (χ2v) is 7.07. The van der Waals surface area contributed by atoms with Gasteiger partial charge in [-0.3, -0.25) is 9.78 Å². The molecule has 0 N–H and O–H groups in total. The minimum atomic E-state index is -4.38. The van der Waals surface area contributed by atoms with Gasteiger partial charge >= 0.3 is 6.18 Å². The van der Waals surface area contributed by atoms with Gasteiger partial charge in [-0.25, -0.2) is 0 Å². The molecule has 2 heterocycles. The molecule has 0 unspecified atom stereocenters. The molecule has 3 aromatic rings. The topological polar surface area (TPSA) is 42.4 Å². The average Bonchev–Trinajstić information content (AvgIpc) is 3.17. The number of carbonyl (C=O) groups excluding carboxylic acids is 1. The standard InChI is InChI=1S/C22H19F3N2O2/c23-22(24,25)17-8-6-15(7-9-17)13-20(28)27-12-10-18(14-27)29-19-5-1-3-16-4-2-11-26-21(16)19/h1-9,11,18H,10,12-14H2/t18-/m1/s1. The number of hydrogen-bond donors (Lipinski definition) is 0. The highest BCUT2D eigenvalue weighted by atomic mass is 19.4. The van der Waals surface area contributed by atoms with Crippen LogP contribution < -0.4 is 4.74 Å². The summed E-state index contributed by atoms with van der Waals surface area (Å²) in [5.74, 6) is 0.567. The number of para-hydroxylation sites is 1. The first-order valence-electron chi connectivity index (χ1n) is 9.34. The summed E-state index contributed by atoms with van der Waals surface area (Å²) in [5.41, 5.74) is 0.627. The Morgan fingerprint density at radius 1 is 1.10 bits per heavy atom. The number of ether oxygens (including phenoxy) is 1. The molecule has 7 heteroatoms. The molecule has 1 aliphatic heterocycles. The number of rotatable bonds is 4. The third-order valence-electron chi connectivity index (χ3n) is 5.02. The monoisotopic (exact) mass is 400 g/mol. The van der Waals surface area contributed by atoms with Crippen LogP contribution in [0.5, 0.6) is 5.75 Å². The lowest BCUT2D eigenvalue weighted by atomic mass is 10.1. The van der Waals surface area contributed by atoms with Crippen molar-refractivity contribution in [3.8, 4) is 5.75 Å². The zero-order chi connectivity index (χ0) is 20.4. The lowest BCUT2D eigenvalue weighted by molar-refractivity contribution is -0.137. The normalized spacial score (nSPS) is 16.9. The molecule has 1 saturated heterocycles. The minimum Gasteiger partial charge on any atom is -0.486 e. The Morgan fingerprint density at radius 2 is 1.86 bits per heavy atom. The van der Waals surface area contributed by atoms with E-state index in [2.05, 4.69) is 4.98 Å². The molecule has 1 fully saturated rings. The lowest BCUT2D eigenvalue weighted by Crippen LogP contribution is -2.32. The van der Waals surface area contributed by atoms with E-state index in [1.165, 1.54) is 12.1 Å². The molecule has 150 valence electrons. The molecule has 0 aliphatic carbocycles. The Labute approximate surface area is 165 Å². The molecule has 1 aromatic heterocycles. The number of alkyl halides is 3. The summed E-state index contributed by atoms with van der Waals surface area (Å²) in [6.45, 7) is 1.00. The molecule has 1 amide bonds. The fraction of sp³-hybridized carbons (Fsp3) is 0.273. The first-order chi connectivity index (χ1) is 13.9. The molecule has 0 radical (unpaired) electrons. The number of fused-ring (bicyclic) bond motifs is 1. The Hall–Kier alpha value is -3.09. The SMILES string of the molecule is O=C(Cc1ccc(C(F)(F)F)cc1)N1CC[C@@H](Oc2cccc3cccnc23)C1. The van der Waals surface area contributed by atoms with Crippen LogP contribution in [0.15, 0.2) is 60.8 Å². The summed E-state index contributed by atoms with van der Waals surface area (Å²) in [5, 5.41) is 0.984. The van der Waals surface area contributed by atoms with Gasteiger partial charge in [-0.1, -0.05) is 30.3 Å². The van der Waals surface area contributed by atoms with Gasteiger partial charge in [-0.2, -0.15) is 13.2 Å². The predicted octanol–water partition coefficient (Wildman–Crippen LogP) is 4.48. The highest BCUT2D eigenvalue weighted by molar-refractivity contribution is 5.84. The molecule has 0 saturated carbocycles. The van der Waals surface area contributed by atoms with Crippen molar-refractivity contribution < 1.29 is 22.7 Å². The van der Waals surface area contributed by atoms with Crippen LogP contribution in [-0.2, 0) is 17.4 Å². The van der Waals surface area contributed by atoms with Crippen molar-refractivity contribution >= 4 is 16.8 Å². The van der Waals surface area contributed by atoms with E-state index in [-0.39, 0.29) is 18.4 Å². The summed E-state index contributed by atoms with van der Waals surface area (Å²) in [6, 6.07) is 14.3. The lowest BCUT2D eigenvalue weighted by Gasteiger charge is -2.18. The largest absolute Gasteiger partial charge is 0.486 e. The van der Waals surface area contributed by atoms with E-state index in [1.54, 1.807) is 11.1 Å². The van der Waals surface area contributed by atoms with Crippen molar-refractivity contribution in [3.05, 3.63) is 71.9 Å². The van der Waals surface area contributed by atoms with E-state index in [9.17, 15) is 18.0 Å². The second-order valence-electron chi connectivity index (χ2n) is 7.07. The van der Waals surface area contributed by atoms with E-state index in [0.29, 0.717) is 30.8 Å². The maximum absolute atomic E-state index is 12.7. The van der Waals surface area contributed by atoms with Gasteiger partial charge in [-0.15, -0.1) is 0 Å². The zero-order valence-electron chi connectivity index (χ0n) is 15.5. The number of likely N-dealkylation sites (tertiary alicyclic amines) is 1. The molecular formula is C22H19F3N2O2. The summed E-state index contributed by atoms with van der Waals surface area (Å²) >= 11 is 0. The van der Waals surface area contributed by atoms with Crippen molar-refractivity contribution in [2.45, 2.75) is 25.1 Å². The van der Waals surface area contributed by atoms with Gasteiger partial charge in [0, 0.05) is 24.5 Å². The summed E-state index contributed by atoms with van der Waals surface area (Å²) in [7, 11) is 0. The van der Waals surface area contributed by atoms with Crippen molar-refractivity contribution in [2.75, 3.05) is 13.1 Å². The van der Waals surface area contributed by atoms with Gasteiger partial charge in [0.1, 0.15) is 17.4 Å². The van der Waals surface area contributed by atoms with E-state index in [1.807, 2.05) is 30.3 Å². The maximum atomic E-state index is 12.7. The van der Waals surface area contributed by atoms with Crippen molar-refractivity contribution in [3.63, 3.8) is 0 Å². The Balaban J connectivity index is 1.37. The number of halogens is 3. The van der Waals surface area contributed by atoms with Crippen LogP contribution in [0.25, 0.3) is 10.9 Å². The second kappa shape index (κ2) is 7.73.